The molecular weight excluding hydrogens is 376 g/mol. The lowest BCUT2D eigenvalue weighted by Gasteiger charge is -2.13. The van der Waals surface area contributed by atoms with Gasteiger partial charge < -0.3 is 10.1 Å². The summed E-state index contributed by atoms with van der Waals surface area (Å²) in [6.45, 7) is 3.74. The third kappa shape index (κ3) is 7.84. The van der Waals surface area contributed by atoms with Gasteiger partial charge in [0.2, 0.25) is 0 Å². The molecule has 0 aliphatic rings. The van der Waals surface area contributed by atoms with Gasteiger partial charge in [-0.1, -0.05) is 60.2 Å². The van der Waals surface area contributed by atoms with Crippen LogP contribution in [0.2, 0.25) is 0 Å². The third-order valence-corrected chi connectivity index (χ3v) is 4.80. The summed E-state index contributed by atoms with van der Waals surface area (Å²) in [5.41, 5.74) is 3.21. The van der Waals surface area contributed by atoms with Gasteiger partial charge in [-0.2, -0.15) is 0 Å². The van der Waals surface area contributed by atoms with Crippen molar-refractivity contribution in [3.63, 3.8) is 0 Å². The molecule has 2 aromatic carbocycles. The van der Waals surface area contributed by atoms with Crippen LogP contribution in [0.25, 0.3) is 0 Å². The molecular formula is C21H24N2O4S. The highest BCUT2D eigenvalue weighted by atomic mass is 32.2. The Kier molecular flexibility index (Phi) is 8.55. The molecule has 0 fully saturated rings. The van der Waals surface area contributed by atoms with Crippen LogP contribution < -0.4 is 10.6 Å². The fraction of sp³-hybridized carbons (Fsp3) is 0.286. The van der Waals surface area contributed by atoms with Gasteiger partial charge in [0, 0.05) is 12.3 Å². The lowest BCUT2D eigenvalue weighted by atomic mass is 10.2. The second-order valence-corrected chi connectivity index (χ2v) is 7.25. The molecule has 0 aliphatic heterocycles. The summed E-state index contributed by atoms with van der Waals surface area (Å²) >= 11 is 1.41. The van der Waals surface area contributed by atoms with Gasteiger partial charge in [-0.25, -0.2) is 4.79 Å². The van der Waals surface area contributed by atoms with Crippen LogP contribution in [0, 0.1) is 6.92 Å². The van der Waals surface area contributed by atoms with Gasteiger partial charge >= 0.3 is 12.0 Å². The number of aryl methyl sites for hydroxylation is 1. The van der Waals surface area contributed by atoms with Crippen LogP contribution in [0.4, 0.5) is 4.79 Å². The lowest BCUT2D eigenvalue weighted by Crippen LogP contribution is -2.44. The fourth-order valence-corrected chi connectivity index (χ4v) is 3.02. The second-order valence-electron chi connectivity index (χ2n) is 6.27. The summed E-state index contributed by atoms with van der Waals surface area (Å²) in [5.74, 6) is -0.351. The monoisotopic (exact) mass is 400 g/mol. The Morgan fingerprint density at radius 3 is 2.36 bits per heavy atom. The van der Waals surface area contributed by atoms with E-state index in [1.807, 2.05) is 61.5 Å². The SMILES string of the molecule is Cc1ccc(CSCC(=O)O[C@H](C)C(=O)NC(=O)NCc2ccccc2)cc1. The number of carbonyl (C=O) groups is 3. The Hall–Kier alpha value is -2.80. The van der Waals surface area contributed by atoms with Crippen molar-refractivity contribution in [3.8, 4) is 0 Å². The van der Waals surface area contributed by atoms with Crippen molar-refractivity contribution in [1.82, 2.24) is 10.6 Å². The predicted octanol–water partition coefficient (Wildman–Crippen LogP) is 3.19. The molecule has 0 radical (unpaired) electrons. The third-order valence-electron chi connectivity index (χ3n) is 3.82. The van der Waals surface area contributed by atoms with Crippen molar-refractivity contribution in [2.45, 2.75) is 32.2 Å². The fourth-order valence-electron chi connectivity index (χ4n) is 2.26. The van der Waals surface area contributed by atoms with E-state index in [1.54, 1.807) is 0 Å². The number of esters is 1. The lowest BCUT2D eigenvalue weighted by molar-refractivity contribution is -0.151. The van der Waals surface area contributed by atoms with Gasteiger partial charge in [-0.05, 0) is 25.0 Å². The number of benzene rings is 2. The highest BCUT2D eigenvalue weighted by Crippen LogP contribution is 2.13. The summed E-state index contributed by atoms with van der Waals surface area (Å²) in [5, 5.41) is 4.75. The Morgan fingerprint density at radius 2 is 1.68 bits per heavy atom. The molecule has 28 heavy (non-hydrogen) atoms. The van der Waals surface area contributed by atoms with E-state index in [0.29, 0.717) is 12.3 Å². The molecule has 0 aromatic heterocycles. The van der Waals surface area contributed by atoms with E-state index in [1.165, 1.54) is 24.2 Å². The van der Waals surface area contributed by atoms with E-state index in [9.17, 15) is 14.4 Å². The van der Waals surface area contributed by atoms with Gasteiger partial charge in [-0.3, -0.25) is 14.9 Å². The van der Waals surface area contributed by atoms with Crippen LogP contribution >= 0.6 is 11.8 Å². The van der Waals surface area contributed by atoms with Gasteiger partial charge in [0.05, 0.1) is 5.75 Å². The normalized spacial score (nSPS) is 11.4. The average molecular weight is 401 g/mol. The Balaban J connectivity index is 1.65. The van der Waals surface area contributed by atoms with E-state index in [-0.39, 0.29) is 5.75 Å². The van der Waals surface area contributed by atoms with Crippen molar-refractivity contribution < 1.29 is 19.1 Å². The molecule has 0 heterocycles. The van der Waals surface area contributed by atoms with Crippen molar-refractivity contribution >= 4 is 29.7 Å². The number of thioether (sulfide) groups is 1. The number of rotatable bonds is 8. The molecule has 148 valence electrons. The zero-order valence-corrected chi connectivity index (χ0v) is 16.8. The number of ether oxygens (including phenoxy) is 1. The van der Waals surface area contributed by atoms with Crippen molar-refractivity contribution in [3.05, 3.63) is 71.3 Å². The second kappa shape index (κ2) is 11.1. The van der Waals surface area contributed by atoms with Crippen LogP contribution in [0.15, 0.2) is 54.6 Å². The summed E-state index contributed by atoms with van der Waals surface area (Å²) < 4.78 is 5.08. The Labute approximate surface area is 169 Å². The quantitative estimate of drug-likeness (QED) is 0.665. The number of nitrogens with one attached hydrogen (secondary N) is 2. The summed E-state index contributed by atoms with van der Waals surface area (Å²) in [6, 6.07) is 16.7. The zero-order valence-electron chi connectivity index (χ0n) is 15.9. The van der Waals surface area contributed by atoms with Gasteiger partial charge in [0.25, 0.3) is 5.91 Å². The number of amides is 3. The Morgan fingerprint density at radius 1 is 1.00 bits per heavy atom. The van der Waals surface area contributed by atoms with E-state index in [0.717, 1.165) is 11.1 Å². The smallest absolute Gasteiger partial charge is 0.321 e. The van der Waals surface area contributed by atoms with Crippen LogP contribution in [-0.4, -0.2) is 29.8 Å². The molecule has 0 spiro atoms. The number of imide groups is 1. The summed E-state index contributed by atoms with van der Waals surface area (Å²) in [6.07, 6.45) is -1.05. The molecule has 0 saturated carbocycles. The first kappa shape index (κ1) is 21.5. The number of urea groups is 1. The first-order valence-corrected chi connectivity index (χ1v) is 10.0. The highest BCUT2D eigenvalue weighted by molar-refractivity contribution is 7.99. The van der Waals surface area contributed by atoms with Gasteiger partial charge in [0.1, 0.15) is 0 Å². The largest absolute Gasteiger partial charge is 0.452 e. The van der Waals surface area contributed by atoms with Crippen LogP contribution in [0.3, 0.4) is 0 Å². The average Bonchev–Trinajstić information content (AvgIpc) is 2.68. The molecule has 0 aliphatic carbocycles. The minimum Gasteiger partial charge on any atom is -0.452 e. The van der Waals surface area contributed by atoms with E-state index < -0.39 is 24.0 Å². The van der Waals surface area contributed by atoms with Crippen molar-refractivity contribution in [1.29, 1.82) is 0 Å². The van der Waals surface area contributed by atoms with Crippen molar-refractivity contribution in [2.75, 3.05) is 5.75 Å². The molecule has 0 saturated heterocycles. The molecule has 0 bridgehead atoms. The maximum atomic E-state index is 12.0. The maximum absolute atomic E-state index is 12.0. The predicted molar refractivity (Wildman–Crippen MR) is 110 cm³/mol. The van der Waals surface area contributed by atoms with E-state index >= 15 is 0 Å². The molecule has 7 heteroatoms. The van der Waals surface area contributed by atoms with Crippen LogP contribution in [-0.2, 0) is 26.6 Å². The molecule has 2 N–H and O–H groups in total. The number of hydrogen-bond donors (Lipinski definition) is 2. The minimum atomic E-state index is -1.05. The summed E-state index contributed by atoms with van der Waals surface area (Å²) in [7, 11) is 0. The minimum absolute atomic E-state index is 0.131. The molecule has 1 atom stereocenters. The van der Waals surface area contributed by atoms with E-state index in [4.69, 9.17) is 4.74 Å². The summed E-state index contributed by atoms with van der Waals surface area (Å²) in [4.78, 5) is 35.6. The first-order chi connectivity index (χ1) is 13.4. The highest BCUT2D eigenvalue weighted by Gasteiger charge is 2.19. The molecule has 3 amide bonds. The standard InChI is InChI=1S/C21H24N2O4S/c1-15-8-10-18(11-9-15)13-28-14-19(24)27-16(2)20(25)23-21(26)22-12-17-6-4-3-5-7-17/h3-11,16H,12-14H2,1-2H3,(H2,22,23,25,26)/t16-/m1/s1. The molecule has 0 unspecified atom stereocenters. The topological polar surface area (TPSA) is 84.5 Å². The van der Waals surface area contributed by atoms with Crippen molar-refractivity contribution in [2.24, 2.45) is 0 Å². The molecule has 6 nitrogen and oxygen atoms in total. The molecule has 2 rings (SSSR count). The molecule has 2 aromatic rings. The Bertz CT molecular complexity index is 794. The number of carbonyl (C=O) groups excluding carboxylic acids is 3. The van der Waals surface area contributed by atoms with Gasteiger partial charge in [0.15, 0.2) is 6.10 Å². The van der Waals surface area contributed by atoms with E-state index in [2.05, 4.69) is 10.6 Å². The first-order valence-electron chi connectivity index (χ1n) is 8.89. The zero-order chi connectivity index (χ0) is 20.4. The maximum Gasteiger partial charge on any atom is 0.321 e. The van der Waals surface area contributed by atoms with Crippen LogP contribution in [0.5, 0.6) is 0 Å². The van der Waals surface area contributed by atoms with Gasteiger partial charge in [-0.15, -0.1) is 11.8 Å². The number of hydrogen-bond acceptors (Lipinski definition) is 5. The van der Waals surface area contributed by atoms with Crippen LogP contribution in [0.1, 0.15) is 23.6 Å².